The van der Waals surface area contributed by atoms with Crippen molar-refractivity contribution in [3.8, 4) is 0 Å². The molecule has 0 aromatic heterocycles. The van der Waals surface area contributed by atoms with Crippen molar-refractivity contribution in [3.63, 3.8) is 0 Å². The van der Waals surface area contributed by atoms with E-state index in [1.165, 1.54) is 11.1 Å². The topological polar surface area (TPSA) is 65.0 Å². The molecule has 0 unspecified atom stereocenters. The number of halogens is 1. The number of likely N-dealkylation sites (tertiary alicyclic amines) is 1. The summed E-state index contributed by atoms with van der Waals surface area (Å²) >= 11 is 6.10. The number of hydrogen-bond donors (Lipinski definition) is 2. The van der Waals surface area contributed by atoms with Crippen LogP contribution in [0.25, 0.3) is 0 Å². The molecule has 3 heterocycles. The smallest absolute Gasteiger partial charge is 0.225 e. The predicted octanol–water partition coefficient (Wildman–Crippen LogP) is 5.90. The zero-order valence-electron chi connectivity index (χ0n) is 24.9. The molecule has 41 heavy (non-hydrogen) atoms. The minimum absolute atomic E-state index is 0.0435. The molecule has 3 aliphatic heterocycles. The monoisotopic (exact) mass is 577 g/mol. The third-order valence-electron chi connectivity index (χ3n) is 8.57. The summed E-state index contributed by atoms with van der Waals surface area (Å²) in [6.07, 6.45) is 12.3. The van der Waals surface area contributed by atoms with Crippen LogP contribution in [0.5, 0.6) is 0 Å². The van der Waals surface area contributed by atoms with Gasteiger partial charge in [0.05, 0.1) is 11.3 Å². The Balaban J connectivity index is 1.31. The van der Waals surface area contributed by atoms with E-state index in [1.807, 2.05) is 52.0 Å². The maximum Gasteiger partial charge on any atom is 0.225 e. The second-order valence-corrected chi connectivity index (χ2v) is 12.9. The van der Waals surface area contributed by atoms with Gasteiger partial charge >= 0.3 is 0 Å². The van der Waals surface area contributed by atoms with Gasteiger partial charge in [0.15, 0.2) is 0 Å². The molecule has 1 aliphatic carbocycles. The first-order chi connectivity index (χ1) is 19.6. The number of carbonyl (C=O) groups excluding carboxylic acids is 1. The highest BCUT2D eigenvalue weighted by molar-refractivity contribution is 6.30. The Bertz CT molecular complexity index is 1300. The maximum atomic E-state index is 13.2. The number of allylic oxidation sites excluding steroid dienone is 6. The molecule has 7 heteroatoms. The van der Waals surface area contributed by atoms with Gasteiger partial charge < -0.3 is 25.0 Å². The third-order valence-corrected chi connectivity index (χ3v) is 8.82. The van der Waals surface area contributed by atoms with Gasteiger partial charge in [0, 0.05) is 67.3 Å². The van der Waals surface area contributed by atoms with Crippen molar-refractivity contribution < 1.29 is 14.6 Å². The highest BCUT2D eigenvalue weighted by atomic mass is 35.5. The van der Waals surface area contributed by atoms with Crippen LogP contribution in [-0.2, 0) is 16.1 Å². The summed E-state index contributed by atoms with van der Waals surface area (Å²) in [6, 6.07) is 8.02. The average Bonchev–Trinajstić information content (AvgIpc) is 3.35. The minimum atomic E-state index is -0.857. The van der Waals surface area contributed by atoms with Crippen LogP contribution < -0.4 is 5.32 Å². The lowest BCUT2D eigenvalue weighted by atomic mass is 9.83. The molecule has 5 rings (SSSR count). The summed E-state index contributed by atoms with van der Waals surface area (Å²) in [4.78, 5) is 17.8. The SMILES string of the molecule is CC(C)C(=O)N(Cc1ccc(Cl)cc1)[C@H]1CCN(CC/C=C2\C3=C(COC4=C2C=C(C(C)(C)O)CC4)NCC=C3)C1. The first kappa shape index (κ1) is 29.7. The third kappa shape index (κ3) is 6.99. The zero-order valence-corrected chi connectivity index (χ0v) is 25.6. The van der Waals surface area contributed by atoms with Gasteiger partial charge in [-0.1, -0.05) is 55.8 Å². The largest absolute Gasteiger partial charge is 0.491 e. The van der Waals surface area contributed by atoms with E-state index in [2.05, 4.69) is 39.4 Å². The number of rotatable bonds is 8. The van der Waals surface area contributed by atoms with Crippen LogP contribution in [0.1, 0.15) is 58.9 Å². The Morgan fingerprint density at radius 2 is 2.02 bits per heavy atom. The van der Waals surface area contributed by atoms with Gasteiger partial charge in [0.1, 0.15) is 12.4 Å². The Labute approximate surface area is 250 Å². The lowest BCUT2D eigenvalue weighted by Gasteiger charge is -2.31. The van der Waals surface area contributed by atoms with Crippen molar-refractivity contribution in [1.82, 2.24) is 15.1 Å². The summed E-state index contributed by atoms with van der Waals surface area (Å²) in [7, 11) is 0. The summed E-state index contributed by atoms with van der Waals surface area (Å²) < 4.78 is 6.29. The Morgan fingerprint density at radius 1 is 1.24 bits per heavy atom. The van der Waals surface area contributed by atoms with Crippen LogP contribution >= 0.6 is 11.6 Å². The number of amides is 1. The van der Waals surface area contributed by atoms with Crippen LogP contribution in [0.4, 0.5) is 0 Å². The normalized spacial score (nSPS) is 22.3. The van der Waals surface area contributed by atoms with Gasteiger partial charge in [-0.05, 0) is 68.0 Å². The van der Waals surface area contributed by atoms with Crippen LogP contribution in [-0.4, -0.2) is 65.2 Å². The number of benzene rings is 1. The molecular weight excluding hydrogens is 534 g/mol. The van der Waals surface area contributed by atoms with E-state index in [1.54, 1.807) is 0 Å². The number of hydrogen-bond acceptors (Lipinski definition) is 5. The van der Waals surface area contributed by atoms with Gasteiger partial charge in [-0.15, -0.1) is 0 Å². The zero-order chi connectivity index (χ0) is 29.1. The summed E-state index contributed by atoms with van der Waals surface area (Å²) in [5.41, 5.74) is 5.89. The quantitative estimate of drug-likeness (QED) is 0.402. The van der Waals surface area contributed by atoms with E-state index < -0.39 is 5.60 Å². The number of dihydropyridines is 1. The van der Waals surface area contributed by atoms with E-state index in [4.69, 9.17) is 16.3 Å². The fraction of sp³-hybridized carbons (Fsp3) is 0.500. The standard InChI is InChI=1S/C34H44ClN3O3/c1-23(2)33(39)38(20-24-9-12-26(35)13-10-24)27-15-18-37(21-27)17-6-8-28-29-7-5-16-36-31(29)22-41-32-14-11-25(19-30(28)32)34(3,4)40/h5,7-10,12-13,19,23,27,36,40H,6,11,14-18,20-22H2,1-4H3/b28-8+/t27-/m0/s1. The molecule has 220 valence electrons. The number of aliphatic hydroxyl groups is 1. The highest BCUT2D eigenvalue weighted by Gasteiger charge is 2.32. The average molecular weight is 578 g/mol. The molecule has 0 radical (unpaired) electrons. The molecule has 0 bridgehead atoms. The van der Waals surface area contributed by atoms with E-state index >= 15 is 0 Å². The van der Waals surface area contributed by atoms with Gasteiger partial charge in [-0.3, -0.25) is 4.79 Å². The van der Waals surface area contributed by atoms with Gasteiger partial charge in [0.25, 0.3) is 0 Å². The Hall–Kier alpha value is -2.80. The van der Waals surface area contributed by atoms with Gasteiger partial charge in [-0.25, -0.2) is 0 Å². The van der Waals surface area contributed by atoms with Crippen LogP contribution in [0, 0.1) is 5.92 Å². The molecule has 1 fully saturated rings. The molecule has 1 atom stereocenters. The molecule has 1 aromatic carbocycles. The molecule has 1 aromatic rings. The van der Waals surface area contributed by atoms with Gasteiger partial charge in [-0.2, -0.15) is 0 Å². The first-order valence-electron chi connectivity index (χ1n) is 15.0. The number of ether oxygens (including phenoxy) is 1. The minimum Gasteiger partial charge on any atom is -0.491 e. The molecule has 0 spiro atoms. The lowest BCUT2D eigenvalue weighted by Crippen LogP contribution is -2.43. The number of carbonyl (C=O) groups is 1. The molecular formula is C34H44ClN3O3. The second kappa shape index (κ2) is 12.6. The summed E-state index contributed by atoms with van der Waals surface area (Å²) in [6.45, 7) is 12.4. The Morgan fingerprint density at radius 3 is 2.76 bits per heavy atom. The molecule has 2 N–H and O–H groups in total. The lowest BCUT2D eigenvalue weighted by molar-refractivity contribution is -0.137. The second-order valence-electron chi connectivity index (χ2n) is 12.4. The van der Waals surface area contributed by atoms with E-state index in [9.17, 15) is 9.90 Å². The predicted molar refractivity (Wildman–Crippen MR) is 165 cm³/mol. The molecule has 1 amide bonds. The van der Waals surface area contributed by atoms with Crippen LogP contribution in [0.15, 0.2) is 82.3 Å². The van der Waals surface area contributed by atoms with E-state index in [0.717, 1.165) is 80.0 Å². The van der Waals surface area contributed by atoms with Crippen LogP contribution in [0.3, 0.4) is 0 Å². The van der Waals surface area contributed by atoms with Gasteiger partial charge in [0.2, 0.25) is 5.91 Å². The highest BCUT2D eigenvalue weighted by Crippen LogP contribution is 2.39. The summed E-state index contributed by atoms with van der Waals surface area (Å²) in [5.74, 6) is 1.17. The van der Waals surface area contributed by atoms with Crippen LogP contribution in [0.2, 0.25) is 5.02 Å². The Kier molecular flexibility index (Phi) is 9.12. The fourth-order valence-corrected chi connectivity index (χ4v) is 6.32. The van der Waals surface area contributed by atoms with Crippen molar-refractivity contribution in [2.24, 2.45) is 5.92 Å². The van der Waals surface area contributed by atoms with Crippen molar-refractivity contribution in [1.29, 1.82) is 0 Å². The van der Waals surface area contributed by atoms with Crippen molar-refractivity contribution in [2.75, 3.05) is 32.8 Å². The molecule has 6 nitrogen and oxygen atoms in total. The summed E-state index contributed by atoms with van der Waals surface area (Å²) in [5, 5.41) is 15.0. The van der Waals surface area contributed by atoms with Crippen molar-refractivity contribution in [3.05, 3.63) is 92.9 Å². The molecule has 4 aliphatic rings. The van der Waals surface area contributed by atoms with Crippen molar-refractivity contribution >= 4 is 17.5 Å². The first-order valence-corrected chi connectivity index (χ1v) is 15.4. The molecule has 0 saturated carbocycles. The van der Waals surface area contributed by atoms with Crippen molar-refractivity contribution in [2.45, 2.75) is 71.6 Å². The number of nitrogens with one attached hydrogen (secondary N) is 1. The maximum absolute atomic E-state index is 13.2. The molecule has 1 saturated heterocycles. The van der Waals surface area contributed by atoms with E-state index in [0.29, 0.717) is 18.2 Å². The van der Waals surface area contributed by atoms with E-state index in [-0.39, 0.29) is 17.9 Å². The fourth-order valence-electron chi connectivity index (χ4n) is 6.20. The number of nitrogens with zero attached hydrogens (tertiary/aromatic N) is 2.